The van der Waals surface area contributed by atoms with Crippen LogP contribution in [-0.4, -0.2) is 25.8 Å². The highest BCUT2D eigenvalue weighted by Crippen LogP contribution is 2.25. The molecule has 0 spiro atoms. The van der Waals surface area contributed by atoms with E-state index < -0.39 is 9.24 Å². The summed E-state index contributed by atoms with van der Waals surface area (Å²) in [6.07, 6.45) is 4.36. The Balaban J connectivity index is 2.30. The quantitative estimate of drug-likeness (QED) is 0.723. The monoisotopic (exact) mass is 253 g/mol. The van der Waals surface area contributed by atoms with Gasteiger partial charge in [-0.3, -0.25) is 0 Å². The molecule has 3 nitrogen and oxygen atoms in total. The zero-order valence-corrected chi connectivity index (χ0v) is 11.0. The fourth-order valence-electron chi connectivity index (χ4n) is 1.99. The lowest BCUT2D eigenvalue weighted by Gasteiger charge is -2.29. The van der Waals surface area contributed by atoms with Gasteiger partial charge in [-0.05, 0) is 24.7 Å². The van der Waals surface area contributed by atoms with Gasteiger partial charge in [0.15, 0.2) is 0 Å². The van der Waals surface area contributed by atoms with Gasteiger partial charge < -0.3 is 0 Å². The molecule has 15 heavy (non-hydrogen) atoms. The maximum atomic E-state index is 11.1. The molecule has 0 amide bonds. The molecule has 0 unspecified atom stereocenters. The fourth-order valence-corrected chi connectivity index (χ4v) is 3.05. The van der Waals surface area contributed by atoms with Crippen LogP contribution in [0.3, 0.4) is 0 Å². The van der Waals surface area contributed by atoms with E-state index in [1.54, 1.807) is 0 Å². The number of hydrogen-bond donors (Lipinski definition) is 0. The summed E-state index contributed by atoms with van der Waals surface area (Å²) in [5, 5.41) is 0. The molecule has 0 atom stereocenters. The zero-order chi connectivity index (χ0) is 11.5. The highest BCUT2D eigenvalue weighted by molar-refractivity contribution is 8.11. The first-order valence-electron chi connectivity index (χ1n) is 5.59. The maximum absolute atomic E-state index is 11.1. The minimum Gasteiger partial charge on any atom is -0.195 e. The van der Waals surface area contributed by atoms with E-state index in [4.69, 9.17) is 10.7 Å². The van der Waals surface area contributed by atoms with Crippen molar-refractivity contribution in [1.82, 2.24) is 4.31 Å². The third-order valence-electron chi connectivity index (χ3n) is 3.03. The van der Waals surface area contributed by atoms with E-state index in [-0.39, 0.29) is 0 Å². The Labute approximate surface area is 97.3 Å². The van der Waals surface area contributed by atoms with Gasteiger partial charge in [0.2, 0.25) is 0 Å². The Morgan fingerprint density at radius 1 is 1.33 bits per heavy atom. The molecule has 1 aliphatic rings. The van der Waals surface area contributed by atoms with Crippen molar-refractivity contribution in [2.75, 3.05) is 13.1 Å². The Morgan fingerprint density at radius 2 is 1.87 bits per heavy atom. The third-order valence-corrected chi connectivity index (χ3v) is 4.60. The standard InChI is InChI=1S/C10H20ClNO2S/c1-9(2)3-4-10-5-7-12(8-6-10)15(11,13)14/h9-10H,3-8H2,1-2H3. The van der Waals surface area contributed by atoms with Gasteiger partial charge in [-0.25, -0.2) is 0 Å². The first-order valence-corrected chi connectivity index (χ1v) is 7.86. The van der Waals surface area contributed by atoms with Crippen molar-refractivity contribution < 1.29 is 8.42 Å². The summed E-state index contributed by atoms with van der Waals surface area (Å²) in [5.41, 5.74) is 0. The minimum absolute atomic E-state index is 0.592. The van der Waals surface area contributed by atoms with Gasteiger partial charge in [0, 0.05) is 23.8 Å². The largest absolute Gasteiger partial charge is 0.299 e. The van der Waals surface area contributed by atoms with Crippen molar-refractivity contribution in [3.05, 3.63) is 0 Å². The summed E-state index contributed by atoms with van der Waals surface area (Å²) < 4.78 is 23.5. The van der Waals surface area contributed by atoms with Crippen LogP contribution in [0, 0.1) is 11.8 Å². The molecule has 0 aliphatic carbocycles. The molecule has 0 bridgehead atoms. The molecule has 1 saturated heterocycles. The Hall–Kier alpha value is 0.200. The molecular weight excluding hydrogens is 234 g/mol. The maximum Gasteiger partial charge on any atom is 0.299 e. The van der Waals surface area contributed by atoms with Crippen molar-refractivity contribution in [3.8, 4) is 0 Å². The van der Waals surface area contributed by atoms with Crippen molar-refractivity contribution >= 4 is 19.9 Å². The average molecular weight is 254 g/mol. The predicted octanol–water partition coefficient (Wildman–Crippen LogP) is 2.62. The number of nitrogens with zero attached hydrogens (tertiary/aromatic N) is 1. The van der Waals surface area contributed by atoms with Gasteiger partial charge in [0.25, 0.3) is 9.24 Å². The second kappa shape index (κ2) is 5.51. The molecule has 0 aromatic rings. The third kappa shape index (κ3) is 4.70. The van der Waals surface area contributed by atoms with E-state index >= 15 is 0 Å². The van der Waals surface area contributed by atoms with E-state index in [0.29, 0.717) is 19.0 Å². The van der Waals surface area contributed by atoms with E-state index in [9.17, 15) is 8.42 Å². The molecule has 5 heteroatoms. The normalized spacial score (nSPS) is 21.1. The molecule has 0 saturated carbocycles. The van der Waals surface area contributed by atoms with Crippen LogP contribution in [0.15, 0.2) is 0 Å². The summed E-state index contributed by atoms with van der Waals surface area (Å²) in [4.78, 5) is 0. The number of rotatable bonds is 4. The first-order chi connectivity index (χ1) is 6.89. The minimum atomic E-state index is -3.48. The molecule has 90 valence electrons. The number of halogens is 1. The first kappa shape index (κ1) is 13.3. The highest BCUT2D eigenvalue weighted by atomic mass is 35.7. The smallest absolute Gasteiger partial charge is 0.195 e. The summed E-state index contributed by atoms with van der Waals surface area (Å²) in [5.74, 6) is 1.42. The summed E-state index contributed by atoms with van der Waals surface area (Å²) >= 11 is 0. The van der Waals surface area contributed by atoms with Gasteiger partial charge in [-0.2, -0.15) is 12.7 Å². The van der Waals surface area contributed by atoms with E-state index in [1.807, 2.05) is 0 Å². The zero-order valence-electron chi connectivity index (χ0n) is 9.45. The van der Waals surface area contributed by atoms with Crippen molar-refractivity contribution in [1.29, 1.82) is 0 Å². The van der Waals surface area contributed by atoms with Crippen LogP contribution < -0.4 is 0 Å². The average Bonchev–Trinajstić information content (AvgIpc) is 2.14. The summed E-state index contributed by atoms with van der Waals surface area (Å²) in [7, 11) is 1.81. The predicted molar refractivity (Wildman–Crippen MR) is 63.1 cm³/mol. The van der Waals surface area contributed by atoms with Crippen LogP contribution in [0.5, 0.6) is 0 Å². The van der Waals surface area contributed by atoms with Gasteiger partial charge in [0.1, 0.15) is 0 Å². The molecule has 0 N–H and O–H groups in total. The molecular formula is C10H20ClNO2S. The van der Waals surface area contributed by atoms with Crippen LogP contribution in [-0.2, 0) is 9.24 Å². The van der Waals surface area contributed by atoms with Crippen LogP contribution in [0.2, 0.25) is 0 Å². The van der Waals surface area contributed by atoms with Gasteiger partial charge in [0.05, 0.1) is 0 Å². The molecule has 1 fully saturated rings. The lowest BCUT2D eigenvalue weighted by atomic mass is 9.90. The highest BCUT2D eigenvalue weighted by Gasteiger charge is 2.25. The van der Waals surface area contributed by atoms with Crippen molar-refractivity contribution in [2.24, 2.45) is 11.8 Å². The molecule has 0 radical (unpaired) electrons. The number of piperidine rings is 1. The fraction of sp³-hybridized carbons (Fsp3) is 1.00. The van der Waals surface area contributed by atoms with Crippen molar-refractivity contribution in [2.45, 2.75) is 39.5 Å². The molecule has 0 aromatic carbocycles. The van der Waals surface area contributed by atoms with Crippen LogP contribution in [0.4, 0.5) is 0 Å². The Morgan fingerprint density at radius 3 is 2.27 bits per heavy atom. The van der Waals surface area contributed by atoms with Gasteiger partial charge in [-0.1, -0.05) is 26.7 Å². The lowest BCUT2D eigenvalue weighted by molar-refractivity contribution is 0.256. The van der Waals surface area contributed by atoms with Crippen LogP contribution >= 0.6 is 10.7 Å². The Kier molecular flexibility index (Phi) is 4.87. The molecule has 1 heterocycles. The number of hydrogen-bond acceptors (Lipinski definition) is 2. The van der Waals surface area contributed by atoms with Crippen molar-refractivity contribution in [3.63, 3.8) is 0 Å². The van der Waals surface area contributed by atoms with E-state index in [0.717, 1.165) is 18.8 Å². The molecule has 0 aromatic heterocycles. The van der Waals surface area contributed by atoms with E-state index in [2.05, 4.69) is 13.8 Å². The van der Waals surface area contributed by atoms with Crippen LogP contribution in [0.1, 0.15) is 39.5 Å². The Bertz CT molecular complexity index is 282. The summed E-state index contributed by atoms with van der Waals surface area (Å²) in [6, 6.07) is 0. The molecule has 1 aliphatic heterocycles. The topological polar surface area (TPSA) is 37.4 Å². The molecule has 1 rings (SSSR count). The second-order valence-corrected chi connectivity index (χ2v) is 7.27. The van der Waals surface area contributed by atoms with Gasteiger partial charge in [-0.15, -0.1) is 0 Å². The lowest BCUT2D eigenvalue weighted by Crippen LogP contribution is -2.35. The second-order valence-electron chi connectivity index (χ2n) is 4.76. The van der Waals surface area contributed by atoms with Crippen LogP contribution in [0.25, 0.3) is 0 Å². The SMILES string of the molecule is CC(C)CCC1CCN(S(=O)(=O)Cl)CC1. The van der Waals surface area contributed by atoms with Gasteiger partial charge >= 0.3 is 0 Å². The summed E-state index contributed by atoms with van der Waals surface area (Å²) in [6.45, 7) is 5.62. The van der Waals surface area contributed by atoms with E-state index in [1.165, 1.54) is 17.1 Å².